The van der Waals surface area contributed by atoms with Gasteiger partial charge in [0.2, 0.25) is 12.1 Å². The Balaban J connectivity index is 1.43. The van der Waals surface area contributed by atoms with Crippen LogP contribution in [0.4, 0.5) is 0 Å². The van der Waals surface area contributed by atoms with Crippen LogP contribution in [0.1, 0.15) is 126 Å². The Hall–Kier alpha value is -6.87. The number of ketones is 2. The summed E-state index contributed by atoms with van der Waals surface area (Å²) in [5.41, 5.74) is 24.3. The number of aliphatic hydroxyl groups excluding tert-OH is 3. The molecule has 20 nitrogen and oxygen atoms in total. The van der Waals surface area contributed by atoms with E-state index < -0.39 is 109 Å². The molecule has 20 heteroatoms. The van der Waals surface area contributed by atoms with Crippen LogP contribution in [0.15, 0.2) is 53.5 Å². The minimum Gasteiger partial charge on any atom is -0.507 e. The number of aldehydes is 1. The van der Waals surface area contributed by atoms with Gasteiger partial charge in [0.15, 0.2) is 29.9 Å². The standard InChI is InChI=1S/C53H58N6O14/c1-25-48(67)53(68,69)49(70-24-32-16-17-58-52(57)59-32)51(71-25)73-47-36-11-5-9-31(54)13-14-33(63)19-28-7-3-6-27(18-28)12-15-35-39(72-26(2)62)21-30(22-60)40-41(35)46(66)42(36)43(45(40)65)44(64)37(47)20-29-8-4-10-34(50(55)56)38(29)23-61/h3-4,6-8,10,12,15,18,21,23,25,31-33,48-51,60,63-64,67-69H,11,13-14,16-17,19-20,22,24,54-56H2,1-2H3,(H3,57,58,59). The fourth-order valence-electron chi connectivity index (χ4n) is 9.77. The van der Waals surface area contributed by atoms with Gasteiger partial charge >= 0.3 is 5.97 Å². The topological polar surface area (TPSA) is 355 Å². The summed E-state index contributed by atoms with van der Waals surface area (Å²) in [4.78, 5) is 60.9. The zero-order valence-corrected chi connectivity index (χ0v) is 40.0. The van der Waals surface area contributed by atoms with Gasteiger partial charge in [0, 0.05) is 65.3 Å². The molecule has 15 N–H and O–H groups in total. The van der Waals surface area contributed by atoms with Crippen LogP contribution < -0.4 is 37.7 Å². The lowest BCUT2D eigenvalue weighted by Crippen LogP contribution is -2.68. The molecule has 0 radical (unpaired) electrons. The molecule has 7 unspecified atom stereocenters. The van der Waals surface area contributed by atoms with E-state index in [1.165, 1.54) is 31.2 Å². The van der Waals surface area contributed by atoms with Gasteiger partial charge in [0.05, 0.1) is 49.2 Å². The number of phenols is 1. The average Bonchev–Trinajstić information content (AvgIpc) is 3.34. The van der Waals surface area contributed by atoms with Gasteiger partial charge in [0.25, 0.3) is 0 Å². The van der Waals surface area contributed by atoms with Crippen molar-refractivity contribution >= 4 is 41.9 Å². The summed E-state index contributed by atoms with van der Waals surface area (Å²) in [6, 6.07) is 11.7. The number of hydrogen-bond donors (Lipinski definition) is 11. The van der Waals surface area contributed by atoms with Crippen molar-refractivity contribution in [2.75, 3.05) is 13.2 Å². The van der Waals surface area contributed by atoms with Crippen molar-refractivity contribution in [2.45, 2.75) is 114 Å². The number of carbonyl (C=O) groups is 4. The number of benzene rings is 4. The molecule has 4 aromatic rings. The van der Waals surface area contributed by atoms with Gasteiger partial charge in [-0.2, -0.15) is 0 Å². The number of hydrogen-bond acceptors (Lipinski definition) is 20. The lowest BCUT2D eigenvalue weighted by molar-refractivity contribution is -0.379. The molecule has 4 bridgehead atoms. The van der Waals surface area contributed by atoms with Gasteiger partial charge in [-0.1, -0.05) is 60.4 Å². The summed E-state index contributed by atoms with van der Waals surface area (Å²) in [6.45, 7) is 1.72. The predicted molar refractivity (Wildman–Crippen MR) is 264 cm³/mol. The summed E-state index contributed by atoms with van der Waals surface area (Å²) in [6.07, 6.45) is -5.25. The number of fused-ring (bicyclic) bond motifs is 2. The average molecular weight is 1000 g/mol. The van der Waals surface area contributed by atoms with Gasteiger partial charge in [-0.05, 0) is 72.6 Å². The molecule has 4 aliphatic rings. The maximum absolute atomic E-state index is 15.8. The Morgan fingerprint density at radius 1 is 1.01 bits per heavy atom. The molecule has 0 saturated carbocycles. The Labute approximate surface area is 419 Å². The fourth-order valence-corrected chi connectivity index (χ4v) is 9.77. The molecule has 1 saturated heterocycles. The highest BCUT2D eigenvalue weighted by Crippen LogP contribution is 2.48. The Morgan fingerprint density at radius 2 is 1.77 bits per heavy atom. The Morgan fingerprint density at radius 3 is 2.48 bits per heavy atom. The van der Waals surface area contributed by atoms with Gasteiger partial charge in [-0.15, -0.1) is 0 Å². The summed E-state index contributed by atoms with van der Waals surface area (Å²) < 4.78 is 24.7. The van der Waals surface area contributed by atoms with E-state index in [9.17, 15) is 40.2 Å². The number of carbonyl (C=O) groups excluding carboxylic acids is 4. The molecule has 0 aromatic heterocycles. The van der Waals surface area contributed by atoms with Gasteiger partial charge < -0.3 is 77.8 Å². The quantitative estimate of drug-likeness (QED) is 0.0287. The van der Waals surface area contributed by atoms with E-state index in [4.69, 9.17) is 41.9 Å². The predicted octanol–water partition coefficient (Wildman–Crippen LogP) is 0.873. The summed E-state index contributed by atoms with van der Waals surface area (Å²) >= 11 is 0. The first-order chi connectivity index (χ1) is 34.8. The van der Waals surface area contributed by atoms with Crippen molar-refractivity contribution in [3.8, 4) is 29.1 Å². The number of aliphatic hydroxyl groups is 5. The second-order valence-corrected chi connectivity index (χ2v) is 18.6. The maximum atomic E-state index is 15.8. The smallest absolute Gasteiger partial charge is 0.308 e. The van der Waals surface area contributed by atoms with E-state index in [1.807, 2.05) is 12.1 Å². The van der Waals surface area contributed by atoms with Crippen molar-refractivity contribution in [3.05, 3.63) is 121 Å². The van der Waals surface area contributed by atoms with E-state index in [0.29, 0.717) is 24.8 Å². The number of aromatic hydroxyl groups is 1. The van der Waals surface area contributed by atoms with Crippen LogP contribution in [0, 0.1) is 11.8 Å². The number of nitrogens with zero attached hydrogens (tertiary/aromatic N) is 1. The molecular formula is C53H58N6O14. The molecule has 0 amide bonds. The number of guanidine groups is 1. The molecule has 1 fully saturated rings. The first-order valence-electron chi connectivity index (χ1n) is 23.7. The number of aliphatic imine (C=N–C) groups is 1. The molecular weight excluding hydrogens is 945 g/mol. The maximum Gasteiger partial charge on any atom is 0.308 e. The SMILES string of the molecule is CC(=O)Oc1cc(CO)c2c3c1C=Cc1cccc(c1)CC(O)CCC(N)C#CCc1c(OC4OC(C)C(O)C(O)(O)C4OCC4CCN=C(N)N4)c(Cc4cccc(C(N)N)c4C=O)c(O)c(c1C3=O)C2=O. The van der Waals surface area contributed by atoms with Crippen LogP contribution in [0.25, 0.3) is 12.2 Å². The number of ether oxygens (including phenoxy) is 4. The van der Waals surface area contributed by atoms with E-state index in [1.54, 1.807) is 24.3 Å². The number of nitrogens with two attached hydrogens (primary N) is 4. The summed E-state index contributed by atoms with van der Waals surface area (Å²) in [7, 11) is 0. The Bertz CT molecular complexity index is 2980. The Kier molecular flexibility index (Phi) is 15.6. The highest BCUT2D eigenvalue weighted by atomic mass is 16.7. The van der Waals surface area contributed by atoms with E-state index >= 15 is 9.59 Å². The lowest BCUT2D eigenvalue weighted by atomic mass is 9.75. The van der Waals surface area contributed by atoms with E-state index in [-0.39, 0.29) is 93.4 Å². The van der Waals surface area contributed by atoms with Crippen LogP contribution in [0.5, 0.6) is 17.2 Å². The largest absolute Gasteiger partial charge is 0.507 e. The zero-order valence-electron chi connectivity index (χ0n) is 40.0. The van der Waals surface area contributed by atoms with Gasteiger partial charge in [0.1, 0.15) is 23.4 Å². The third-order valence-corrected chi connectivity index (χ3v) is 13.4. The first-order valence-corrected chi connectivity index (χ1v) is 23.7. The molecule has 2 heterocycles. The molecule has 384 valence electrons. The number of phenolic OH excluding ortho intramolecular Hbond substituents is 1. The van der Waals surface area contributed by atoms with Crippen LogP contribution in [-0.2, 0) is 40.1 Å². The minimum absolute atomic E-state index is 0.0258. The summed E-state index contributed by atoms with van der Waals surface area (Å²) in [5, 5.41) is 72.2. The molecule has 4 aromatic carbocycles. The van der Waals surface area contributed by atoms with E-state index in [0.717, 1.165) is 12.5 Å². The molecule has 8 rings (SSSR count). The van der Waals surface area contributed by atoms with Gasteiger partial charge in [-0.3, -0.25) is 24.2 Å². The van der Waals surface area contributed by atoms with Crippen molar-refractivity contribution in [2.24, 2.45) is 27.9 Å². The molecule has 73 heavy (non-hydrogen) atoms. The normalized spacial score (nSPS) is 23.5. The third-order valence-electron chi connectivity index (χ3n) is 13.4. The third kappa shape index (κ3) is 10.6. The van der Waals surface area contributed by atoms with E-state index in [2.05, 4.69) is 22.2 Å². The number of nitrogens with one attached hydrogen (secondary N) is 1. The van der Waals surface area contributed by atoms with Gasteiger partial charge in [-0.25, -0.2) is 0 Å². The summed E-state index contributed by atoms with van der Waals surface area (Å²) in [5.74, 6) is -1.03. The lowest BCUT2D eigenvalue weighted by Gasteiger charge is -2.46. The first kappa shape index (κ1) is 52.5. The molecule has 2 aliphatic carbocycles. The van der Waals surface area contributed by atoms with Crippen LogP contribution in [0.2, 0.25) is 0 Å². The van der Waals surface area contributed by atoms with Crippen LogP contribution in [0.3, 0.4) is 0 Å². The zero-order chi connectivity index (χ0) is 52.5. The van der Waals surface area contributed by atoms with Crippen LogP contribution >= 0.6 is 0 Å². The second-order valence-electron chi connectivity index (χ2n) is 18.6. The molecule has 2 aliphatic heterocycles. The van der Waals surface area contributed by atoms with Crippen molar-refractivity contribution < 1.29 is 68.8 Å². The van der Waals surface area contributed by atoms with Crippen LogP contribution in [-0.4, -0.2) is 122 Å². The van der Waals surface area contributed by atoms with Crippen molar-refractivity contribution in [3.63, 3.8) is 0 Å². The monoisotopic (exact) mass is 1000 g/mol. The number of rotatable bonds is 11. The second kappa shape index (κ2) is 21.7. The fraction of sp³-hybridized carbons (Fsp3) is 0.377. The highest BCUT2D eigenvalue weighted by Gasteiger charge is 2.56. The molecule has 7 atom stereocenters. The number of esters is 1. The van der Waals surface area contributed by atoms with Crippen molar-refractivity contribution in [1.82, 2.24) is 5.32 Å². The van der Waals surface area contributed by atoms with Crippen molar-refractivity contribution in [1.29, 1.82) is 0 Å². The minimum atomic E-state index is -3.08. The molecule has 0 spiro atoms. The highest BCUT2D eigenvalue weighted by molar-refractivity contribution is 6.32.